The van der Waals surface area contributed by atoms with Crippen molar-refractivity contribution in [2.45, 2.75) is 13.1 Å². The Labute approximate surface area is 184 Å². The van der Waals surface area contributed by atoms with Crippen molar-refractivity contribution < 1.29 is 14.3 Å². The van der Waals surface area contributed by atoms with Gasteiger partial charge in [-0.05, 0) is 42.0 Å². The molecule has 0 atom stereocenters. The fourth-order valence-corrected chi connectivity index (χ4v) is 3.26. The third-order valence-corrected chi connectivity index (χ3v) is 4.88. The predicted molar refractivity (Wildman–Crippen MR) is 120 cm³/mol. The van der Waals surface area contributed by atoms with Gasteiger partial charge in [-0.2, -0.15) is 5.10 Å². The number of nitrogens with one attached hydrogen (secondary N) is 1. The third-order valence-electron chi connectivity index (χ3n) is 4.88. The molecule has 8 heteroatoms. The number of rotatable bonds is 8. The van der Waals surface area contributed by atoms with Crippen LogP contribution < -0.4 is 20.3 Å². The number of carbonyl (C=O) groups excluding carboxylic acids is 1. The lowest BCUT2D eigenvalue weighted by Crippen LogP contribution is -2.31. The quantitative estimate of drug-likeness (QED) is 0.462. The van der Waals surface area contributed by atoms with Crippen LogP contribution in [0.1, 0.15) is 11.3 Å². The molecule has 0 saturated heterocycles. The van der Waals surface area contributed by atoms with Crippen molar-refractivity contribution in [3.63, 3.8) is 0 Å². The normalized spacial score (nSPS) is 10.7. The maximum atomic E-state index is 12.9. The molecule has 1 N–H and O–H groups in total. The average molecular weight is 430 g/mol. The van der Waals surface area contributed by atoms with Crippen LogP contribution in [0.4, 0.5) is 0 Å². The Morgan fingerprint density at radius 1 is 1.00 bits per heavy atom. The highest BCUT2D eigenvalue weighted by atomic mass is 16.5. The van der Waals surface area contributed by atoms with E-state index in [4.69, 9.17) is 9.47 Å². The molecule has 0 bridgehead atoms. The highest BCUT2D eigenvalue weighted by molar-refractivity contribution is 5.84. The molecule has 0 aliphatic rings. The van der Waals surface area contributed by atoms with Crippen molar-refractivity contribution in [2.24, 2.45) is 0 Å². The molecule has 0 saturated carbocycles. The summed E-state index contributed by atoms with van der Waals surface area (Å²) in [6, 6.07) is 17.9. The highest BCUT2D eigenvalue weighted by Crippen LogP contribution is 2.17. The van der Waals surface area contributed by atoms with Crippen LogP contribution in [0.15, 0.2) is 77.9 Å². The monoisotopic (exact) mass is 430 g/mol. The van der Waals surface area contributed by atoms with Crippen LogP contribution >= 0.6 is 0 Å². The van der Waals surface area contributed by atoms with Gasteiger partial charge in [-0.1, -0.05) is 24.3 Å². The van der Waals surface area contributed by atoms with E-state index in [9.17, 15) is 9.59 Å². The SMILES string of the molecule is COc1ccc(OCC(=O)NCc2nn(Cc3cccnc3)c(=O)c3ccccc23)cc1. The molecule has 162 valence electrons. The first-order valence-electron chi connectivity index (χ1n) is 10.1. The zero-order valence-corrected chi connectivity index (χ0v) is 17.5. The minimum Gasteiger partial charge on any atom is -0.497 e. The highest BCUT2D eigenvalue weighted by Gasteiger charge is 2.12. The number of nitrogens with zero attached hydrogens (tertiary/aromatic N) is 3. The number of aromatic nitrogens is 3. The molecule has 4 aromatic rings. The fourth-order valence-electron chi connectivity index (χ4n) is 3.26. The van der Waals surface area contributed by atoms with E-state index in [1.165, 1.54) is 4.68 Å². The molecule has 8 nitrogen and oxygen atoms in total. The minimum atomic E-state index is -0.295. The van der Waals surface area contributed by atoms with Gasteiger partial charge in [0.1, 0.15) is 11.5 Å². The van der Waals surface area contributed by atoms with E-state index in [1.54, 1.807) is 49.8 Å². The number of hydrogen-bond donors (Lipinski definition) is 1. The molecule has 0 radical (unpaired) electrons. The summed E-state index contributed by atoms with van der Waals surface area (Å²) in [7, 11) is 1.58. The van der Waals surface area contributed by atoms with Gasteiger partial charge in [-0.15, -0.1) is 0 Å². The summed E-state index contributed by atoms with van der Waals surface area (Å²) in [6.45, 7) is 0.317. The van der Waals surface area contributed by atoms with Crippen LogP contribution in [0.5, 0.6) is 11.5 Å². The molecule has 32 heavy (non-hydrogen) atoms. The number of pyridine rings is 1. The molecule has 0 aliphatic heterocycles. The first kappa shape index (κ1) is 21.0. The second-order valence-electron chi connectivity index (χ2n) is 7.06. The van der Waals surface area contributed by atoms with E-state index in [1.807, 2.05) is 30.3 Å². The molecule has 2 aromatic heterocycles. The summed E-state index contributed by atoms with van der Waals surface area (Å²) in [5.41, 5.74) is 1.27. The summed E-state index contributed by atoms with van der Waals surface area (Å²) in [5.74, 6) is 0.979. The number of fused-ring (bicyclic) bond motifs is 1. The van der Waals surface area contributed by atoms with Gasteiger partial charge in [0.2, 0.25) is 0 Å². The smallest absolute Gasteiger partial charge is 0.274 e. The van der Waals surface area contributed by atoms with Crippen LogP contribution in [0.25, 0.3) is 10.8 Å². The Morgan fingerprint density at radius 2 is 1.75 bits per heavy atom. The summed E-state index contributed by atoms with van der Waals surface area (Å²) < 4.78 is 12.0. The number of ether oxygens (including phenoxy) is 2. The number of amides is 1. The van der Waals surface area contributed by atoms with E-state index in [2.05, 4.69) is 15.4 Å². The van der Waals surface area contributed by atoms with Gasteiger partial charge < -0.3 is 14.8 Å². The van der Waals surface area contributed by atoms with E-state index in [-0.39, 0.29) is 24.6 Å². The fraction of sp³-hybridized carbons (Fsp3) is 0.167. The molecule has 2 heterocycles. The number of methoxy groups -OCH3 is 1. The van der Waals surface area contributed by atoms with Gasteiger partial charge in [0.15, 0.2) is 6.61 Å². The topological polar surface area (TPSA) is 95.3 Å². The van der Waals surface area contributed by atoms with Crippen molar-refractivity contribution in [1.29, 1.82) is 0 Å². The lowest BCUT2D eigenvalue weighted by Gasteiger charge is -2.12. The largest absolute Gasteiger partial charge is 0.497 e. The number of hydrogen-bond acceptors (Lipinski definition) is 6. The van der Waals surface area contributed by atoms with Crippen LogP contribution in [0.3, 0.4) is 0 Å². The first-order valence-corrected chi connectivity index (χ1v) is 10.1. The van der Waals surface area contributed by atoms with Crippen molar-refractivity contribution in [3.8, 4) is 11.5 Å². The summed E-state index contributed by atoms with van der Waals surface area (Å²) in [6.07, 6.45) is 3.37. The average Bonchev–Trinajstić information content (AvgIpc) is 2.84. The standard InChI is InChI=1S/C24H22N4O4/c1-31-18-8-10-19(11-9-18)32-16-23(29)26-14-22-20-6-2-3-7-21(20)24(30)28(27-22)15-17-5-4-12-25-13-17/h2-13H,14-16H2,1H3,(H,26,29). The van der Waals surface area contributed by atoms with E-state index < -0.39 is 0 Å². The minimum absolute atomic E-state index is 0.139. The summed E-state index contributed by atoms with van der Waals surface area (Å²) >= 11 is 0. The molecule has 2 aromatic carbocycles. The van der Waals surface area contributed by atoms with Gasteiger partial charge in [0.25, 0.3) is 11.5 Å². The zero-order chi connectivity index (χ0) is 22.3. The van der Waals surface area contributed by atoms with Crippen LogP contribution in [0.2, 0.25) is 0 Å². The number of benzene rings is 2. The molecular weight excluding hydrogens is 408 g/mol. The molecule has 0 aliphatic carbocycles. The lowest BCUT2D eigenvalue weighted by atomic mass is 10.1. The van der Waals surface area contributed by atoms with Crippen LogP contribution in [-0.4, -0.2) is 34.4 Å². The Kier molecular flexibility index (Phi) is 6.41. The van der Waals surface area contributed by atoms with E-state index in [0.717, 1.165) is 5.56 Å². The van der Waals surface area contributed by atoms with Gasteiger partial charge >= 0.3 is 0 Å². The Bertz CT molecular complexity index is 1270. The molecule has 4 rings (SSSR count). The van der Waals surface area contributed by atoms with Gasteiger partial charge in [0.05, 0.1) is 31.3 Å². The molecule has 0 fully saturated rings. The van der Waals surface area contributed by atoms with E-state index >= 15 is 0 Å². The van der Waals surface area contributed by atoms with E-state index in [0.29, 0.717) is 34.5 Å². The zero-order valence-electron chi connectivity index (χ0n) is 17.5. The second-order valence-corrected chi connectivity index (χ2v) is 7.06. The summed E-state index contributed by atoms with van der Waals surface area (Å²) in [5, 5.41) is 8.58. The lowest BCUT2D eigenvalue weighted by molar-refractivity contribution is -0.123. The van der Waals surface area contributed by atoms with Gasteiger partial charge in [-0.3, -0.25) is 14.6 Å². The van der Waals surface area contributed by atoms with Gasteiger partial charge in [0, 0.05) is 17.8 Å². The molecule has 0 spiro atoms. The third kappa shape index (κ3) is 4.92. The maximum absolute atomic E-state index is 12.9. The predicted octanol–water partition coefficient (Wildman–Crippen LogP) is 2.54. The first-order chi connectivity index (χ1) is 15.6. The summed E-state index contributed by atoms with van der Waals surface area (Å²) in [4.78, 5) is 29.3. The van der Waals surface area contributed by atoms with Crippen molar-refractivity contribution in [2.75, 3.05) is 13.7 Å². The number of carbonyl (C=O) groups is 1. The van der Waals surface area contributed by atoms with Crippen molar-refractivity contribution in [3.05, 3.63) is 94.7 Å². The Balaban J connectivity index is 1.48. The van der Waals surface area contributed by atoms with Crippen molar-refractivity contribution in [1.82, 2.24) is 20.1 Å². The Morgan fingerprint density at radius 3 is 2.47 bits per heavy atom. The second kappa shape index (κ2) is 9.74. The molecule has 0 unspecified atom stereocenters. The van der Waals surface area contributed by atoms with Crippen LogP contribution in [-0.2, 0) is 17.9 Å². The van der Waals surface area contributed by atoms with Crippen molar-refractivity contribution >= 4 is 16.7 Å². The van der Waals surface area contributed by atoms with Gasteiger partial charge in [-0.25, -0.2) is 4.68 Å². The maximum Gasteiger partial charge on any atom is 0.274 e. The molecular formula is C24H22N4O4. The Hall–Kier alpha value is -4.20. The van der Waals surface area contributed by atoms with Crippen LogP contribution in [0, 0.1) is 0 Å². The molecule has 1 amide bonds.